The quantitative estimate of drug-likeness (QED) is 0.621. The van der Waals surface area contributed by atoms with Crippen molar-refractivity contribution >= 4 is 23.0 Å². The molecule has 0 saturated carbocycles. The van der Waals surface area contributed by atoms with Crippen molar-refractivity contribution in [1.82, 2.24) is 9.97 Å². The van der Waals surface area contributed by atoms with Crippen molar-refractivity contribution in [3.05, 3.63) is 40.7 Å². The van der Waals surface area contributed by atoms with Gasteiger partial charge in [-0.1, -0.05) is 19.1 Å². The minimum atomic E-state index is -0.416. The first-order chi connectivity index (χ1) is 12.6. The third-order valence-electron chi connectivity index (χ3n) is 4.38. The normalized spacial score (nSPS) is 17.0. The van der Waals surface area contributed by atoms with Crippen LogP contribution in [0, 0.1) is 16.0 Å². The molecule has 0 spiro atoms. The van der Waals surface area contributed by atoms with Gasteiger partial charge in [-0.2, -0.15) is 0 Å². The number of rotatable bonds is 6. The Kier molecular flexibility index (Phi) is 5.50. The molecule has 0 aliphatic carbocycles. The Morgan fingerprint density at radius 3 is 2.92 bits per heavy atom. The summed E-state index contributed by atoms with van der Waals surface area (Å²) in [5.41, 5.74) is 0.530. The summed E-state index contributed by atoms with van der Waals surface area (Å²) in [5.74, 6) is 1.64. The summed E-state index contributed by atoms with van der Waals surface area (Å²) in [4.78, 5) is 21.7. The van der Waals surface area contributed by atoms with Crippen molar-refractivity contribution < 1.29 is 9.66 Å². The predicted molar refractivity (Wildman–Crippen MR) is 100 cm³/mol. The number of nitrogens with zero attached hydrogens (tertiary/aromatic N) is 4. The van der Waals surface area contributed by atoms with Gasteiger partial charge in [0.25, 0.3) is 0 Å². The molecule has 1 N–H and O–H groups in total. The molecule has 1 fully saturated rings. The van der Waals surface area contributed by atoms with E-state index in [1.165, 1.54) is 6.33 Å². The van der Waals surface area contributed by atoms with E-state index in [1.54, 1.807) is 6.07 Å². The average Bonchev–Trinajstić information content (AvgIpc) is 2.63. The molecule has 1 aromatic carbocycles. The Bertz CT molecular complexity index is 783. The number of para-hydroxylation sites is 2. The maximum Gasteiger partial charge on any atom is 0.353 e. The highest BCUT2D eigenvalue weighted by molar-refractivity contribution is 5.76. The molecule has 3 rings (SSSR count). The topological polar surface area (TPSA) is 93.4 Å². The van der Waals surface area contributed by atoms with Gasteiger partial charge in [-0.15, -0.1) is 0 Å². The fraction of sp³-hybridized carbons (Fsp3) is 0.444. The van der Waals surface area contributed by atoms with E-state index in [1.807, 2.05) is 30.0 Å². The Balaban J connectivity index is 1.98. The number of aromatic nitrogens is 2. The van der Waals surface area contributed by atoms with Crippen LogP contribution in [0.3, 0.4) is 0 Å². The van der Waals surface area contributed by atoms with E-state index in [0.717, 1.165) is 25.9 Å². The van der Waals surface area contributed by atoms with Crippen LogP contribution >= 0.6 is 0 Å². The van der Waals surface area contributed by atoms with Crippen LogP contribution < -0.4 is 15.0 Å². The van der Waals surface area contributed by atoms with Crippen LogP contribution in [0.4, 0.5) is 23.0 Å². The highest BCUT2D eigenvalue weighted by Gasteiger charge is 2.29. The lowest BCUT2D eigenvalue weighted by molar-refractivity contribution is -0.383. The molecule has 1 atom stereocenters. The Morgan fingerprint density at radius 2 is 2.19 bits per heavy atom. The first kappa shape index (κ1) is 17.9. The molecular formula is C18H23N5O3. The number of piperidine rings is 1. The Hall–Kier alpha value is -2.90. The van der Waals surface area contributed by atoms with E-state index in [-0.39, 0.29) is 11.5 Å². The molecule has 0 bridgehead atoms. The number of hydrogen-bond acceptors (Lipinski definition) is 7. The second kappa shape index (κ2) is 7.99. The van der Waals surface area contributed by atoms with Gasteiger partial charge >= 0.3 is 5.69 Å². The number of anilines is 3. The standard InChI is InChI=1S/C18H23N5O3/c1-3-26-15-9-5-4-8-14(15)21-17-16(23(24)25)18(20-12-19-17)22-10-6-7-13(2)11-22/h4-5,8-9,12-13H,3,6-7,10-11H2,1-2H3,(H,19,20,21). The van der Waals surface area contributed by atoms with Gasteiger partial charge in [0.1, 0.15) is 12.1 Å². The zero-order valence-electron chi connectivity index (χ0n) is 15.0. The number of hydrogen-bond donors (Lipinski definition) is 1. The van der Waals surface area contributed by atoms with Gasteiger partial charge in [0, 0.05) is 13.1 Å². The molecule has 0 radical (unpaired) electrons. The van der Waals surface area contributed by atoms with Crippen LogP contribution in [-0.2, 0) is 0 Å². The fourth-order valence-corrected chi connectivity index (χ4v) is 3.22. The van der Waals surface area contributed by atoms with Crippen molar-refractivity contribution in [3.8, 4) is 5.75 Å². The van der Waals surface area contributed by atoms with E-state index in [4.69, 9.17) is 4.74 Å². The van der Waals surface area contributed by atoms with Crippen LogP contribution in [-0.4, -0.2) is 34.6 Å². The van der Waals surface area contributed by atoms with E-state index in [2.05, 4.69) is 22.2 Å². The third-order valence-corrected chi connectivity index (χ3v) is 4.38. The highest BCUT2D eigenvalue weighted by atomic mass is 16.6. The summed E-state index contributed by atoms with van der Waals surface area (Å²) < 4.78 is 5.58. The summed E-state index contributed by atoms with van der Waals surface area (Å²) in [6.07, 6.45) is 3.49. The van der Waals surface area contributed by atoms with E-state index in [0.29, 0.717) is 29.8 Å². The molecule has 1 unspecified atom stereocenters. The number of nitrogens with one attached hydrogen (secondary N) is 1. The Labute approximate surface area is 152 Å². The lowest BCUT2D eigenvalue weighted by Gasteiger charge is -2.31. The largest absolute Gasteiger partial charge is 0.492 e. The van der Waals surface area contributed by atoms with Gasteiger partial charge in [-0.25, -0.2) is 9.97 Å². The van der Waals surface area contributed by atoms with Crippen LogP contribution in [0.2, 0.25) is 0 Å². The van der Waals surface area contributed by atoms with Gasteiger partial charge in [0.2, 0.25) is 11.6 Å². The summed E-state index contributed by atoms with van der Waals surface area (Å²) >= 11 is 0. The molecule has 2 heterocycles. The number of ether oxygens (including phenoxy) is 1. The maximum absolute atomic E-state index is 11.8. The second-order valence-electron chi connectivity index (χ2n) is 6.40. The number of benzene rings is 1. The molecule has 2 aromatic rings. The van der Waals surface area contributed by atoms with Gasteiger partial charge in [0.15, 0.2) is 0 Å². The number of nitro groups is 1. The average molecular weight is 357 g/mol. The maximum atomic E-state index is 11.8. The van der Waals surface area contributed by atoms with Crippen molar-refractivity contribution in [2.24, 2.45) is 5.92 Å². The van der Waals surface area contributed by atoms with E-state index >= 15 is 0 Å². The zero-order valence-corrected chi connectivity index (χ0v) is 15.0. The lowest BCUT2D eigenvalue weighted by Crippen LogP contribution is -2.35. The van der Waals surface area contributed by atoms with Crippen molar-refractivity contribution in [3.63, 3.8) is 0 Å². The Morgan fingerprint density at radius 1 is 1.38 bits per heavy atom. The first-order valence-corrected chi connectivity index (χ1v) is 8.83. The molecule has 1 aromatic heterocycles. The SMILES string of the molecule is CCOc1ccccc1Nc1ncnc(N2CCCC(C)C2)c1[N+](=O)[O-]. The monoisotopic (exact) mass is 357 g/mol. The molecule has 26 heavy (non-hydrogen) atoms. The van der Waals surface area contributed by atoms with Crippen molar-refractivity contribution in [1.29, 1.82) is 0 Å². The lowest BCUT2D eigenvalue weighted by atomic mass is 10.0. The smallest absolute Gasteiger partial charge is 0.353 e. The predicted octanol–water partition coefficient (Wildman–Crippen LogP) is 3.76. The second-order valence-corrected chi connectivity index (χ2v) is 6.40. The van der Waals surface area contributed by atoms with Gasteiger partial charge < -0.3 is 15.0 Å². The summed E-state index contributed by atoms with van der Waals surface area (Å²) in [7, 11) is 0. The van der Waals surface area contributed by atoms with Crippen LogP contribution in [0.1, 0.15) is 26.7 Å². The molecule has 0 amide bonds. The van der Waals surface area contributed by atoms with Gasteiger partial charge in [-0.3, -0.25) is 10.1 Å². The third kappa shape index (κ3) is 3.84. The zero-order chi connectivity index (χ0) is 18.5. The molecule has 8 nitrogen and oxygen atoms in total. The van der Waals surface area contributed by atoms with E-state index < -0.39 is 4.92 Å². The minimum Gasteiger partial charge on any atom is -0.492 e. The van der Waals surface area contributed by atoms with Gasteiger partial charge in [-0.05, 0) is 37.8 Å². The molecule has 8 heteroatoms. The molecule has 1 saturated heterocycles. The van der Waals surface area contributed by atoms with Crippen molar-refractivity contribution in [2.75, 3.05) is 29.9 Å². The molecule has 1 aliphatic rings. The van der Waals surface area contributed by atoms with Crippen molar-refractivity contribution in [2.45, 2.75) is 26.7 Å². The first-order valence-electron chi connectivity index (χ1n) is 8.83. The summed E-state index contributed by atoms with van der Waals surface area (Å²) in [6, 6.07) is 7.31. The van der Waals surface area contributed by atoms with Crippen LogP contribution in [0.25, 0.3) is 0 Å². The van der Waals surface area contributed by atoms with Crippen LogP contribution in [0.5, 0.6) is 5.75 Å². The van der Waals surface area contributed by atoms with Gasteiger partial charge in [0.05, 0.1) is 17.2 Å². The fourth-order valence-electron chi connectivity index (χ4n) is 3.22. The summed E-state index contributed by atoms with van der Waals surface area (Å²) in [6.45, 7) is 6.06. The van der Waals surface area contributed by atoms with Crippen LogP contribution in [0.15, 0.2) is 30.6 Å². The molecular weight excluding hydrogens is 334 g/mol. The van der Waals surface area contributed by atoms with E-state index in [9.17, 15) is 10.1 Å². The molecule has 1 aliphatic heterocycles. The highest BCUT2D eigenvalue weighted by Crippen LogP contribution is 2.37. The summed E-state index contributed by atoms with van der Waals surface area (Å²) in [5, 5.41) is 14.8. The minimum absolute atomic E-state index is 0.104. The molecule has 138 valence electrons.